The summed E-state index contributed by atoms with van der Waals surface area (Å²) in [6.45, 7) is 0.389. The van der Waals surface area contributed by atoms with Crippen molar-refractivity contribution in [1.29, 1.82) is 0 Å². The van der Waals surface area contributed by atoms with E-state index in [0.29, 0.717) is 12.6 Å². The number of nitrogens with zero attached hydrogens (tertiary/aromatic N) is 1. The lowest BCUT2D eigenvalue weighted by atomic mass is 9.87. The summed E-state index contributed by atoms with van der Waals surface area (Å²) in [5.74, 6) is 0.0162. The Morgan fingerprint density at radius 3 is 2.78 bits per heavy atom. The molecule has 0 aliphatic heterocycles. The first-order valence-corrected chi connectivity index (χ1v) is 8.77. The molecule has 1 unspecified atom stereocenters. The van der Waals surface area contributed by atoms with Crippen LogP contribution >= 0.6 is 15.9 Å². The van der Waals surface area contributed by atoms with E-state index in [1.807, 2.05) is 31.3 Å². The Bertz CT molecular complexity index is 701. The van der Waals surface area contributed by atoms with E-state index in [-0.39, 0.29) is 5.91 Å². The molecule has 4 heteroatoms. The smallest absolute Gasteiger partial charge is 0.238 e. The number of hydrogen-bond donors (Lipinski definition) is 1. The molecule has 1 amide bonds. The molecular weight excluding hydrogens is 352 g/mol. The van der Waals surface area contributed by atoms with Gasteiger partial charge >= 0.3 is 0 Å². The summed E-state index contributed by atoms with van der Waals surface area (Å²) in [6, 6.07) is 16.6. The van der Waals surface area contributed by atoms with Crippen LogP contribution in [-0.2, 0) is 11.2 Å². The summed E-state index contributed by atoms with van der Waals surface area (Å²) in [5, 5.41) is 2.98. The van der Waals surface area contributed by atoms with E-state index in [2.05, 4.69) is 50.4 Å². The average molecular weight is 373 g/mol. The zero-order valence-electron chi connectivity index (χ0n) is 13.3. The van der Waals surface area contributed by atoms with Crippen molar-refractivity contribution in [1.82, 2.24) is 4.90 Å². The number of amides is 1. The summed E-state index contributed by atoms with van der Waals surface area (Å²) in [7, 11) is 2.03. The SMILES string of the molecule is CN(CC(=O)Nc1ccccc1Br)C1CCCc2ccccc21. The van der Waals surface area contributed by atoms with Crippen LogP contribution in [0.15, 0.2) is 53.0 Å². The van der Waals surface area contributed by atoms with Crippen molar-refractivity contribution in [2.45, 2.75) is 25.3 Å². The van der Waals surface area contributed by atoms with Gasteiger partial charge in [0.05, 0.1) is 12.2 Å². The summed E-state index contributed by atoms with van der Waals surface area (Å²) in [4.78, 5) is 14.5. The van der Waals surface area contributed by atoms with Crippen LogP contribution in [0, 0.1) is 0 Å². The quantitative estimate of drug-likeness (QED) is 0.862. The van der Waals surface area contributed by atoms with E-state index in [4.69, 9.17) is 0 Å². The maximum absolute atomic E-state index is 12.4. The van der Waals surface area contributed by atoms with Crippen molar-refractivity contribution in [3.05, 3.63) is 64.1 Å². The van der Waals surface area contributed by atoms with Crippen molar-refractivity contribution < 1.29 is 4.79 Å². The first-order chi connectivity index (χ1) is 11.1. The van der Waals surface area contributed by atoms with Gasteiger partial charge in [-0.2, -0.15) is 0 Å². The minimum Gasteiger partial charge on any atom is -0.324 e. The zero-order chi connectivity index (χ0) is 16.2. The lowest BCUT2D eigenvalue weighted by Crippen LogP contribution is -2.34. The van der Waals surface area contributed by atoms with Crippen LogP contribution in [0.3, 0.4) is 0 Å². The van der Waals surface area contributed by atoms with Gasteiger partial charge in [0, 0.05) is 10.5 Å². The number of likely N-dealkylation sites (N-methyl/N-ethyl adjacent to an activating group) is 1. The Morgan fingerprint density at radius 2 is 1.96 bits per heavy atom. The minimum absolute atomic E-state index is 0.0162. The highest BCUT2D eigenvalue weighted by Crippen LogP contribution is 2.33. The van der Waals surface area contributed by atoms with Gasteiger partial charge in [0.1, 0.15) is 0 Å². The van der Waals surface area contributed by atoms with Crippen LogP contribution in [0.5, 0.6) is 0 Å². The number of fused-ring (bicyclic) bond motifs is 1. The van der Waals surface area contributed by atoms with Crippen molar-refractivity contribution in [2.24, 2.45) is 0 Å². The van der Waals surface area contributed by atoms with E-state index >= 15 is 0 Å². The third-order valence-electron chi connectivity index (χ3n) is 4.41. The summed E-state index contributed by atoms with van der Waals surface area (Å²) >= 11 is 3.46. The first kappa shape index (κ1) is 16.2. The molecule has 3 rings (SSSR count). The third-order valence-corrected chi connectivity index (χ3v) is 5.10. The zero-order valence-corrected chi connectivity index (χ0v) is 14.8. The van der Waals surface area contributed by atoms with Gasteiger partial charge < -0.3 is 5.32 Å². The molecule has 1 aliphatic rings. The molecule has 0 radical (unpaired) electrons. The molecule has 120 valence electrons. The fraction of sp³-hybridized carbons (Fsp3) is 0.316. The largest absolute Gasteiger partial charge is 0.324 e. The predicted octanol–water partition coefficient (Wildman–Crippen LogP) is 4.40. The maximum Gasteiger partial charge on any atom is 0.238 e. The van der Waals surface area contributed by atoms with Crippen LogP contribution in [0.4, 0.5) is 5.69 Å². The molecular formula is C19H21BrN2O. The van der Waals surface area contributed by atoms with Gasteiger partial charge in [-0.25, -0.2) is 0 Å². The van der Waals surface area contributed by atoms with Crippen LogP contribution < -0.4 is 5.32 Å². The van der Waals surface area contributed by atoms with Gasteiger partial charge in [0.2, 0.25) is 5.91 Å². The molecule has 2 aromatic carbocycles. The molecule has 0 bridgehead atoms. The number of nitrogens with one attached hydrogen (secondary N) is 1. The molecule has 0 fully saturated rings. The Morgan fingerprint density at radius 1 is 1.22 bits per heavy atom. The van der Waals surface area contributed by atoms with Gasteiger partial charge in [0.15, 0.2) is 0 Å². The highest BCUT2D eigenvalue weighted by molar-refractivity contribution is 9.10. The number of anilines is 1. The number of para-hydroxylation sites is 1. The van der Waals surface area contributed by atoms with Gasteiger partial charge in [-0.3, -0.25) is 9.69 Å². The van der Waals surface area contributed by atoms with Crippen molar-refractivity contribution in [2.75, 3.05) is 18.9 Å². The van der Waals surface area contributed by atoms with Gasteiger partial charge in [-0.1, -0.05) is 36.4 Å². The molecule has 0 saturated carbocycles. The molecule has 1 aliphatic carbocycles. The highest BCUT2D eigenvalue weighted by atomic mass is 79.9. The molecule has 0 saturated heterocycles. The van der Waals surface area contributed by atoms with E-state index in [1.54, 1.807) is 0 Å². The predicted molar refractivity (Wildman–Crippen MR) is 97.5 cm³/mol. The fourth-order valence-electron chi connectivity index (χ4n) is 3.28. The highest BCUT2D eigenvalue weighted by Gasteiger charge is 2.24. The number of aryl methyl sites for hydroxylation is 1. The topological polar surface area (TPSA) is 32.3 Å². The summed E-state index contributed by atoms with van der Waals surface area (Å²) in [6.07, 6.45) is 3.43. The molecule has 0 spiro atoms. The molecule has 0 aromatic heterocycles. The molecule has 3 nitrogen and oxygen atoms in total. The van der Waals surface area contributed by atoms with E-state index in [9.17, 15) is 4.79 Å². The Kier molecular flexibility index (Phi) is 5.13. The maximum atomic E-state index is 12.4. The van der Waals surface area contributed by atoms with Gasteiger partial charge in [-0.05, 0) is 65.5 Å². The lowest BCUT2D eigenvalue weighted by molar-refractivity contribution is -0.117. The second-order valence-corrected chi connectivity index (χ2v) is 6.90. The van der Waals surface area contributed by atoms with Crippen LogP contribution in [0.1, 0.15) is 30.0 Å². The van der Waals surface area contributed by atoms with E-state index in [0.717, 1.165) is 23.0 Å². The Labute approximate surface area is 145 Å². The average Bonchev–Trinajstić information content (AvgIpc) is 2.56. The monoisotopic (exact) mass is 372 g/mol. The first-order valence-electron chi connectivity index (χ1n) is 7.97. The van der Waals surface area contributed by atoms with Gasteiger partial charge in [0.25, 0.3) is 0 Å². The number of halogens is 1. The number of carbonyl (C=O) groups excluding carboxylic acids is 1. The van der Waals surface area contributed by atoms with Crippen LogP contribution in [0.2, 0.25) is 0 Å². The van der Waals surface area contributed by atoms with Crippen molar-refractivity contribution in [3.8, 4) is 0 Å². The number of hydrogen-bond acceptors (Lipinski definition) is 2. The lowest BCUT2D eigenvalue weighted by Gasteiger charge is -2.32. The summed E-state index contributed by atoms with van der Waals surface area (Å²) in [5.41, 5.74) is 3.60. The van der Waals surface area contributed by atoms with Crippen molar-refractivity contribution >= 4 is 27.5 Å². The standard InChI is InChI=1S/C19H21BrN2O/c1-22(13-19(23)21-17-11-5-4-10-16(17)20)18-12-6-8-14-7-2-3-9-15(14)18/h2-5,7,9-11,18H,6,8,12-13H2,1H3,(H,21,23). The molecule has 0 heterocycles. The molecule has 1 N–H and O–H groups in total. The molecule has 2 aromatic rings. The second-order valence-electron chi connectivity index (χ2n) is 6.05. The number of carbonyl (C=O) groups is 1. The fourth-order valence-corrected chi connectivity index (χ4v) is 3.66. The van der Waals surface area contributed by atoms with E-state index in [1.165, 1.54) is 17.5 Å². The van der Waals surface area contributed by atoms with Crippen molar-refractivity contribution in [3.63, 3.8) is 0 Å². The Balaban J connectivity index is 1.67. The Hall–Kier alpha value is -1.65. The molecule has 23 heavy (non-hydrogen) atoms. The third kappa shape index (κ3) is 3.82. The van der Waals surface area contributed by atoms with E-state index < -0.39 is 0 Å². The minimum atomic E-state index is 0.0162. The second kappa shape index (κ2) is 7.28. The van der Waals surface area contributed by atoms with Gasteiger partial charge in [-0.15, -0.1) is 0 Å². The van der Waals surface area contributed by atoms with Crippen LogP contribution in [0.25, 0.3) is 0 Å². The number of rotatable bonds is 4. The molecule has 1 atom stereocenters. The normalized spacial score (nSPS) is 16.9. The summed E-state index contributed by atoms with van der Waals surface area (Å²) < 4.78 is 0.902. The number of benzene rings is 2. The van der Waals surface area contributed by atoms with Crippen LogP contribution in [-0.4, -0.2) is 24.4 Å².